The number of carbonyl (C=O) groups is 2. The SMILES string of the molecule is CNC(=O)NC(=O)C(C)N1CCN(C(c2ccccc2)c2ccccc2)CC1. The van der Waals surface area contributed by atoms with Crippen molar-refractivity contribution < 1.29 is 9.59 Å². The third kappa shape index (κ3) is 4.77. The molecule has 0 radical (unpaired) electrons. The average molecular weight is 380 g/mol. The lowest BCUT2D eigenvalue weighted by Crippen LogP contribution is -2.55. The minimum atomic E-state index is -0.469. The highest BCUT2D eigenvalue weighted by molar-refractivity contribution is 5.96. The van der Waals surface area contributed by atoms with Gasteiger partial charge in [-0.3, -0.25) is 19.9 Å². The van der Waals surface area contributed by atoms with Gasteiger partial charge in [-0.2, -0.15) is 0 Å². The zero-order chi connectivity index (χ0) is 19.9. The highest BCUT2D eigenvalue weighted by Crippen LogP contribution is 2.29. The summed E-state index contributed by atoms with van der Waals surface area (Å²) >= 11 is 0. The van der Waals surface area contributed by atoms with Crippen molar-refractivity contribution in [3.8, 4) is 0 Å². The Morgan fingerprint density at radius 3 is 1.75 bits per heavy atom. The predicted molar refractivity (Wildman–Crippen MR) is 110 cm³/mol. The van der Waals surface area contributed by atoms with Crippen LogP contribution in [0.4, 0.5) is 4.79 Å². The molecule has 0 aliphatic carbocycles. The van der Waals surface area contributed by atoms with Crippen molar-refractivity contribution in [1.82, 2.24) is 20.4 Å². The fourth-order valence-corrected chi connectivity index (χ4v) is 3.71. The van der Waals surface area contributed by atoms with Crippen molar-refractivity contribution in [3.05, 3.63) is 71.8 Å². The molecular weight excluding hydrogens is 352 g/mol. The van der Waals surface area contributed by atoms with E-state index in [2.05, 4.69) is 69.0 Å². The van der Waals surface area contributed by atoms with Crippen LogP contribution in [0.15, 0.2) is 60.7 Å². The van der Waals surface area contributed by atoms with Gasteiger partial charge in [-0.15, -0.1) is 0 Å². The van der Waals surface area contributed by atoms with Crippen LogP contribution in [0.1, 0.15) is 24.1 Å². The van der Waals surface area contributed by atoms with Crippen molar-refractivity contribution >= 4 is 11.9 Å². The fourth-order valence-electron chi connectivity index (χ4n) is 3.71. The summed E-state index contributed by atoms with van der Waals surface area (Å²) in [6, 6.07) is 20.4. The number of amides is 3. The van der Waals surface area contributed by atoms with E-state index in [0.29, 0.717) is 0 Å². The summed E-state index contributed by atoms with van der Waals surface area (Å²) in [6.45, 7) is 5.11. The molecule has 2 N–H and O–H groups in total. The monoisotopic (exact) mass is 380 g/mol. The molecule has 6 heteroatoms. The first-order chi connectivity index (χ1) is 13.6. The van der Waals surface area contributed by atoms with Gasteiger partial charge >= 0.3 is 6.03 Å². The zero-order valence-corrected chi connectivity index (χ0v) is 16.5. The summed E-state index contributed by atoms with van der Waals surface area (Å²) in [7, 11) is 1.50. The third-order valence-electron chi connectivity index (χ3n) is 5.34. The second-order valence-corrected chi connectivity index (χ2v) is 7.04. The van der Waals surface area contributed by atoms with Gasteiger partial charge in [0.15, 0.2) is 0 Å². The summed E-state index contributed by atoms with van der Waals surface area (Å²) in [5, 5.41) is 4.78. The number of urea groups is 1. The molecule has 1 saturated heterocycles. The van der Waals surface area contributed by atoms with Gasteiger partial charge in [-0.25, -0.2) is 4.79 Å². The lowest BCUT2D eigenvalue weighted by atomic mass is 9.96. The number of nitrogens with zero attached hydrogens (tertiary/aromatic N) is 2. The molecule has 0 spiro atoms. The number of hydrogen-bond acceptors (Lipinski definition) is 4. The molecule has 6 nitrogen and oxygen atoms in total. The normalized spacial score (nSPS) is 16.5. The Morgan fingerprint density at radius 1 is 0.821 bits per heavy atom. The number of rotatable bonds is 5. The number of hydrogen-bond donors (Lipinski definition) is 2. The summed E-state index contributed by atoms with van der Waals surface area (Å²) in [4.78, 5) is 28.2. The number of nitrogens with one attached hydrogen (secondary N) is 2. The maximum absolute atomic E-state index is 12.2. The molecule has 28 heavy (non-hydrogen) atoms. The van der Waals surface area contributed by atoms with E-state index in [1.165, 1.54) is 18.2 Å². The Hall–Kier alpha value is -2.70. The predicted octanol–water partition coefficient (Wildman–Crippen LogP) is 2.24. The summed E-state index contributed by atoms with van der Waals surface area (Å²) in [5.74, 6) is -0.268. The van der Waals surface area contributed by atoms with Gasteiger partial charge < -0.3 is 5.32 Å². The number of piperazine rings is 1. The largest absolute Gasteiger partial charge is 0.341 e. The van der Waals surface area contributed by atoms with E-state index in [4.69, 9.17) is 0 Å². The van der Waals surface area contributed by atoms with Crippen LogP contribution in [0.25, 0.3) is 0 Å². The minimum Gasteiger partial charge on any atom is -0.341 e. The minimum absolute atomic E-state index is 0.194. The Bertz CT molecular complexity index is 734. The van der Waals surface area contributed by atoms with Crippen LogP contribution >= 0.6 is 0 Å². The molecule has 3 rings (SSSR count). The van der Waals surface area contributed by atoms with E-state index in [1.54, 1.807) is 0 Å². The molecule has 0 saturated carbocycles. The average Bonchev–Trinajstić information content (AvgIpc) is 2.75. The second kappa shape index (κ2) is 9.48. The van der Waals surface area contributed by atoms with Crippen LogP contribution in [-0.2, 0) is 4.79 Å². The Labute approximate surface area is 166 Å². The van der Waals surface area contributed by atoms with Gasteiger partial charge in [0.2, 0.25) is 5.91 Å². The zero-order valence-electron chi connectivity index (χ0n) is 16.5. The molecule has 1 atom stereocenters. The van der Waals surface area contributed by atoms with E-state index in [9.17, 15) is 9.59 Å². The number of imide groups is 1. The quantitative estimate of drug-likeness (QED) is 0.835. The standard InChI is InChI=1S/C22H28N4O2/c1-17(21(27)24-22(28)23-2)25-13-15-26(16-14-25)20(18-9-5-3-6-10-18)19-11-7-4-8-12-19/h3-12,17,20H,13-16H2,1-2H3,(H2,23,24,27,28). The van der Waals surface area contributed by atoms with Crippen molar-refractivity contribution in [2.45, 2.75) is 19.0 Å². The third-order valence-corrected chi connectivity index (χ3v) is 5.34. The highest BCUT2D eigenvalue weighted by atomic mass is 16.2. The molecule has 2 aromatic rings. The van der Waals surface area contributed by atoms with Crippen molar-refractivity contribution in [1.29, 1.82) is 0 Å². The van der Waals surface area contributed by atoms with Crippen molar-refractivity contribution in [2.24, 2.45) is 0 Å². The van der Waals surface area contributed by atoms with Crippen LogP contribution in [-0.4, -0.2) is 61.0 Å². The van der Waals surface area contributed by atoms with Crippen LogP contribution in [0.2, 0.25) is 0 Å². The molecule has 0 aromatic heterocycles. The molecule has 2 aromatic carbocycles. The van der Waals surface area contributed by atoms with E-state index >= 15 is 0 Å². The fraction of sp³-hybridized carbons (Fsp3) is 0.364. The molecule has 3 amide bonds. The Balaban J connectivity index is 1.69. The van der Waals surface area contributed by atoms with Gasteiger partial charge in [-0.05, 0) is 18.1 Å². The van der Waals surface area contributed by atoms with Crippen LogP contribution in [0.5, 0.6) is 0 Å². The maximum Gasteiger partial charge on any atom is 0.321 e. The highest BCUT2D eigenvalue weighted by Gasteiger charge is 2.30. The molecule has 1 aliphatic rings. The van der Waals surface area contributed by atoms with Crippen LogP contribution in [0, 0.1) is 0 Å². The molecule has 0 bridgehead atoms. The first-order valence-electron chi connectivity index (χ1n) is 9.70. The summed E-state index contributed by atoms with van der Waals surface area (Å²) < 4.78 is 0. The van der Waals surface area contributed by atoms with Crippen LogP contribution in [0.3, 0.4) is 0 Å². The van der Waals surface area contributed by atoms with Gasteiger partial charge in [0.05, 0.1) is 12.1 Å². The first-order valence-corrected chi connectivity index (χ1v) is 9.70. The topological polar surface area (TPSA) is 64.7 Å². The molecule has 1 aliphatic heterocycles. The van der Waals surface area contributed by atoms with Gasteiger partial charge in [0, 0.05) is 33.2 Å². The Kier molecular flexibility index (Phi) is 6.79. The van der Waals surface area contributed by atoms with E-state index in [-0.39, 0.29) is 18.0 Å². The van der Waals surface area contributed by atoms with Gasteiger partial charge in [0.25, 0.3) is 0 Å². The second-order valence-electron chi connectivity index (χ2n) is 7.04. The molecule has 148 valence electrons. The number of benzene rings is 2. The summed E-state index contributed by atoms with van der Waals surface area (Å²) in [6.07, 6.45) is 0. The van der Waals surface area contributed by atoms with Crippen molar-refractivity contribution in [2.75, 3.05) is 33.2 Å². The van der Waals surface area contributed by atoms with Crippen molar-refractivity contribution in [3.63, 3.8) is 0 Å². The Morgan fingerprint density at radius 2 is 1.29 bits per heavy atom. The molecular formula is C22H28N4O2. The molecule has 1 heterocycles. The maximum atomic E-state index is 12.2. The first kappa shape index (κ1) is 20.0. The van der Waals surface area contributed by atoms with Gasteiger partial charge in [-0.1, -0.05) is 60.7 Å². The smallest absolute Gasteiger partial charge is 0.321 e. The van der Waals surface area contributed by atoms with E-state index in [1.807, 2.05) is 19.1 Å². The molecule has 1 unspecified atom stereocenters. The lowest BCUT2D eigenvalue weighted by Gasteiger charge is -2.41. The number of carbonyl (C=O) groups excluding carboxylic acids is 2. The van der Waals surface area contributed by atoms with Gasteiger partial charge in [0.1, 0.15) is 0 Å². The van der Waals surface area contributed by atoms with Crippen LogP contribution < -0.4 is 10.6 Å². The molecule has 1 fully saturated rings. The van der Waals surface area contributed by atoms with E-state index < -0.39 is 6.03 Å². The lowest BCUT2D eigenvalue weighted by molar-refractivity contribution is -0.125. The summed E-state index contributed by atoms with van der Waals surface area (Å²) in [5.41, 5.74) is 2.54. The van der Waals surface area contributed by atoms with E-state index in [0.717, 1.165) is 26.2 Å².